The maximum absolute atomic E-state index is 12.7. The first-order valence-electron chi connectivity index (χ1n) is 9.40. The van der Waals surface area contributed by atoms with Crippen LogP contribution in [0, 0.1) is 0 Å². The summed E-state index contributed by atoms with van der Waals surface area (Å²) < 4.78 is 6.00. The third kappa shape index (κ3) is 3.94. The van der Waals surface area contributed by atoms with Gasteiger partial charge in [0.05, 0.1) is 12.7 Å². The Morgan fingerprint density at radius 3 is 2.69 bits per heavy atom. The quantitative estimate of drug-likeness (QED) is 0.802. The number of hydrogen-bond donors (Lipinski definition) is 0. The Labute approximate surface area is 158 Å². The highest BCUT2D eigenvalue weighted by Crippen LogP contribution is 2.32. The molecule has 1 amide bonds. The van der Waals surface area contributed by atoms with Crippen LogP contribution in [0.15, 0.2) is 34.9 Å². The predicted molar refractivity (Wildman–Crippen MR) is 100 cm³/mol. The lowest BCUT2D eigenvalue weighted by Gasteiger charge is -2.25. The number of aromatic nitrogens is 1. The van der Waals surface area contributed by atoms with Crippen LogP contribution in [-0.4, -0.2) is 46.9 Å². The second kappa shape index (κ2) is 7.80. The number of likely N-dealkylation sites (tertiary alicyclic amines) is 2. The second-order valence-corrected chi connectivity index (χ2v) is 7.63. The summed E-state index contributed by atoms with van der Waals surface area (Å²) in [7, 11) is 0. The molecule has 3 heterocycles. The molecule has 6 heteroatoms. The molecule has 2 aromatic rings. The third-order valence-corrected chi connectivity index (χ3v) is 5.53. The maximum atomic E-state index is 12.7. The van der Waals surface area contributed by atoms with Gasteiger partial charge in [-0.25, -0.2) is 4.98 Å². The van der Waals surface area contributed by atoms with Crippen LogP contribution in [0.5, 0.6) is 0 Å². The SMILES string of the molecule is O=C(CN1CCCC1)N1CCC[C@@H]1c1ncc(Cc2ccc(Cl)cc2)o1. The Kier molecular flexibility index (Phi) is 5.27. The highest BCUT2D eigenvalue weighted by atomic mass is 35.5. The predicted octanol–water partition coefficient (Wildman–Crippen LogP) is 3.68. The molecular weight excluding hydrogens is 350 g/mol. The van der Waals surface area contributed by atoms with Crippen LogP contribution in [0.1, 0.15) is 48.9 Å². The zero-order valence-electron chi connectivity index (χ0n) is 14.9. The first kappa shape index (κ1) is 17.6. The molecule has 0 saturated carbocycles. The molecule has 1 atom stereocenters. The summed E-state index contributed by atoms with van der Waals surface area (Å²) in [5.41, 5.74) is 1.13. The maximum Gasteiger partial charge on any atom is 0.237 e. The first-order valence-corrected chi connectivity index (χ1v) is 9.78. The smallest absolute Gasteiger partial charge is 0.237 e. The Hall–Kier alpha value is -1.85. The summed E-state index contributed by atoms with van der Waals surface area (Å²) in [6.45, 7) is 3.39. The average molecular weight is 374 g/mol. The summed E-state index contributed by atoms with van der Waals surface area (Å²) >= 11 is 5.93. The molecule has 2 saturated heterocycles. The van der Waals surface area contributed by atoms with Crippen LogP contribution in [-0.2, 0) is 11.2 Å². The third-order valence-electron chi connectivity index (χ3n) is 5.28. The van der Waals surface area contributed by atoms with Gasteiger partial charge in [0.1, 0.15) is 11.8 Å². The number of carbonyl (C=O) groups excluding carboxylic acids is 1. The molecule has 1 aromatic heterocycles. The minimum atomic E-state index is -0.0240. The van der Waals surface area contributed by atoms with Gasteiger partial charge in [-0.15, -0.1) is 0 Å². The van der Waals surface area contributed by atoms with Crippen molar-refractivity contribution in [3.8, 4) is 0 Å². The second-order valence-electron chi connectivity index (χ2n) is 7.20. The number of benzene rings is 1. The Morgan fingerprint density at radius 1 is 1.15 bits per heavy atom. The van der Waals surface area contributed by atoms with Gasteiger partial charge in [-0.05, 0) is 56.5 Å². The topological polar surface area (TPSA) is 49.6 Å². The number of oxazole rings is 1. The molecule has 0 radical (unpaired) electrons. The fraction of sp³-hybridized carbons (Fsp3) is 0.500. The standard InChI is InChI=1S/C20H24ClN3O2/c21-16-7-5-15(6-8-16)12-17-13-22-20(26-17)18-4-3-11-24(18)19(25)14-23-9-1-2-10-23/h5-8,13,18H,1-4,9-12,14H2/t18-/m1/s1. The molecule has 138 valence electrons. The molecule has 2 aliphatic rings. The van der Waals surface area contributed by atoms with Gasteiger partial charge in [0, 0.05) is 18.0 Å². The van der Waals surface area contributed by atoms with Gasteiger partial charge in [-0.2, -0.15) is 0 Å². The molecular formula is C20H24ClN3O2. The Balaban J connectivity index is 1.42. The number of carbonyl (C=O) groups is 1. The number of amides is 1. The van der Waals surface area contributed by atoms with Gasteiger partial charge >= 0.3 is 0 Å². The largest absolute Gasteiger partial charge is 0.443 e. The van der Waals surface area contributed by atoms with Gasteiger partial charge in [0.15, 0.2) is 0 Å². The summed E-state index contributed by atoms with van der Waals surface area (Å²) in [5.74, 6) is 1.69. The molecule has 26 heavy (non-hydrogen) atoms. The first-order chi connectivity index (χ1) is 12.7. The lowest BCUT2D eigenvalue weighted by molar-refractivity contribution is -0.133. The van der Waals surface area contributed by atoms with E-state index in [2.05, 4.69) is 9.88 Å². The zero-order valence-corrected chi connectivity index (χ0v) is 15.6. The molecule has 0 aliphatic carbocycles. The van der Waals surface area contributed by atoms with Crippen molar-refractivity contribution >= 4 is 17.5 Å². The van der Waals surface area contributed by atoms with Crippen molar-refractivity contribution in [3.63, 3.8) is 0 Å². The van der Waals surface area contributed by atoms with Crippen LogP contribution < -0.4 is 0 Å². The van der Waals surface area contributed by atoms with Gasteiger partial charge in [0.25, 0.3) is 0 Å². The number of hydrogen-bond acceptors (Lipinski definition) is 4. The van der Waals surface area contributed by atoms with Crippen LogP contribution in [0.3, 0.4) is 0 Å². The summed E-state index contributed by atoms with van der Waals surface area (Å²) in [6, 6.07) is 7.72. The molecule has 2 aliphatic heterocycles. The van der Waals surface area contributed by atoms with Crippen molar-refractivity contribution in [2.75, 3.05) is 26.2 Å². The molecule has 2 fully saturated rings. The molecule has 4 rings (SSSR count). The van der Waals surface area contributed by atoms with Crippen molar-refractivity contribution in [2.24, 2.45) is 0 Å². The fourth-order valence-electron chi connectivity index (χ4n) is 3.91. The van der Waals surface area contributed by atoms with Gasteiger partial charge in [-0.3, -0.25) is 9.69 Å². The van der Waals surface area contributed by atoms with Crippen LogP contribution in [0.25, 0.3) is 0 Å². The number of halogens is 1. The van der Waals surface area contributed by atoms with Gasteiger partial charge in [0.2, 0.25) is 11.8 Å². The summed E-state index contributed by atoms with van der Waals surface area (Å²) in [6.07, 6.45) is 6.79. The van der Waals surface area contributed by atoms with E-state index in [0.29, 0.717) is 18.9 Å². The zero-order chi connectivity index (χ0) is 17.9. The van der Waals surface area contributed by atoms with Crippen molar-refractivity contribution in [3.05, 3.63) is 52.7 Å². The van der Waals surface area contributed by atoms with E-state index in [1.54, 1.807) is 6.20 Å². The van der Waals surface area contributed by atoms with E-state index >= 15 is 0 Å². The van der Waals surface area contributed by atoms with E-state index in [1.807, 2.05) is 29.2 Å². The normalized spacial score (nSPS) is 20.8. The lowest BCUT2D eigenvalue weighted by Crippen LogP contribution is -2.39. The highest BCUT2D eigenvalue weighted by molar-refractivity contribution is 6.30. The Bertz CT molecular complexity index is 753. The van der Waals surface area contributed by atoms with Crippen molar-refractivity contribution in [2.45, 2.75) is 38.1 Å². The van der Waals surface area contributed by atoms with E-state index in [1.165, 1.54) is 12.8 Å². The molecule has 0 N–H and O–H groups in total. The van der Waals surface area contributed by atoms with E-state index in [9.17, 15) is 4.79 Å². The van der Waals surface area contributed by atoms with Crippen LogP contribution in [0.2, 0.25) is 5.02 Å². The van der Waals surface area contributed by atoms with Crippen molar-refractivity contribution in [1.82, 2.24) is 14.8 Å². The monoisotopic (exact) mass is 373 g/mol. The van der Waals surface area contributed by atoms with E-state index in [0.717, 1.165) is 48.8 Å². The molecule has 0 spiro atoms. The molecule has 0 bridgehead atoms. The summed E-state index contributed by atoms with van der Waals surface area (Å²) in [4.78, 5) is 21.4. The number of nitrogens with zero attached hydrogens (tertiary/aromatic N) is 3. The fourth-order valence-corrected chi connectivity index (χ4v) is 4.03. The van der Waals surface area contributed by atoms with Gasteiger partial charge in [-0.1, -0.05) is 23.7 Å². The number of rotatable bonds is 5. The molecule has 1 aromatic carbocycles. The minimum absolute atomic E-state index is 0.0240. The van der Waals surface area contributed by atoms with Crippen LogP contribution in [0.4, 0.5) is 0 Å². The van der Waals surface area contributed by atoms with E-state index < -0.39 is 0 Å². The average Bonchev–Trinajstić information content (AvgIpc) is 3.37. The van der Waals surface area contributed by atoms with Crippen molar-refractivity contribution in [1.29, 1.82) is 0 Å². The highest BCUT2D eigenvalue weighted by Gasteiger charge is 2.34. The van der Waals surface area contributed by atoms with Crippen molar-refractivity contribution < 1.29 is 9.21 Å². The summed E-state index contributed by atoms with van der Waals surface area (Å²) in [5, 5.41) is 0.727. The van der Waals surface area contributed by atoms with Gasteiger partial charge < -0.3 is 9.32 Å². The molecule has 5 nitrogen and oxygen atoms in total. The van der Waals surface area contributed by atoms with Crippen LogP contribution >= 0.6 is 11.6 Å². The van der Waals surface area contributed by atoms with E-state index in [-0.39, 0.29) is 11.9 Å². The minimum Gasteiger partial charge on any atom is -0.443 e. The Morgan fingerprint density at radius 2 is 1.92 bits per heavy atom. The van der Waals surface area contributed by atoms with E-state index in [4.69, 9.17) is 16.0 Å². The lowest BCUT2D eigenvalue weighted by atomic mass is 10.1. The molecule has 0 unspecified atom stereocenters.